The Morgan fingerprint density at radius 2 is 1.86 bits per heavy atom. The van der Waals surface area contributed by atoms with E-state index in [1.54, 1.807) is 10.7 Å². The van der Waals surface area contributed by atoms with Gasteiger partial charge in [0.1, 0.15) is 5.52 Å². The van der Waals surface area contributed by atoms with Gasteiger partial charge in [-0.25, -0.2) is 9.50 Å². The first kappa shape index (κ1) is 21.9. The lowest BCUT2D eigenvalue weighted by Crippen LogP contribution is -2.44. The van der Waals surface area contributed by atoms with Crippen molar-refractivity contribution in [2.24, 2.45) is 0 Å². The summed E-state index contributed by atoms with van der Waals surface area (Å²) in [6.45, 7) is 5.88. The number of carbonyl (C=O) groups excluding carboxylic acids is 1. The molecule has 1 saturated carbocycles. The molecule has 4 heterocycles. The third kappa shape index (κ3) is 4.10. The van der Waals surface area contributed by atoms with E-state index < -0.39 is 0 Å². The van der Waals surface area contributed by atoms with Crippen LogP contribution in [0.5, 0.6) is 0 Å². The Labute approximate surface area is 204 Å². The molecule has 180 valence electrons. The lowest BCUT2D eigenvalue weighted by atomic mass is 10.0. The Morgan fingerprint density at radius 1 is 1.09 bits per heavy atom. The highest BCUT2D eigenvalue weighted by Crippen LogP contribution is 2.34. The molecule has 1 amide bonds. The Balaban J connectivity index is 1.26. The van der Waals surface area contributed by atoms with Gasteiger partial charge in [0.25, 0.3) is 5.91 Å². The largest absolute Gasteiger partial charge is 0.371 e. The minimum atomic E-state index is -0.255. The first-order valence-electron chi connectivity index (χ1n) is 12.3. The summed E-state index contributed by atoms with van der Waals surface area (Å²) in [5.74, 6) is 0.218. The molecule has 35 heavy (non-hydrogen) atoms. The number of aryl methyl sites for hydroxylation is 2. The molecule has 0 unspecified atom stereocenters. The van der Waals surface area contributed by atoms with Gasteiger partial charge in [-0.1, -0.05) is 0 Å². The van der Waals surface area contributed by atoms with E-state index in [0.717, 1.165) is 60.0 Å². The molecular weight excluding hydrogens is 440 g/mol. The summed E-state index contributed by atoms with van der Waals surface area (Å²) in [6, 6.07) is 9.14. The van der Waals surface area contributed by atoms with Crippen molar-refractivity contribution in [3.05, 3.63) is 53.5 Å². The molecule has 2 aliphatic rings. The van der Waals surface area contributed by atoms with Gasteiger partial charge >= 0.3 is 0 Å². The molecule has 9 heteroatoms. The molecule has 1 N–H and O–H groups in total. The minimum absolute atomic E-state index is 0.255. The summed E-state index contributed by atoms with van der Waals surface area (Å²) in [7, 11) is 2.28. The number of anilines is 2. The van der Waals surface area contributed by atoms with Crippen LogP contribution in [0.2, 0.25) is 0 Å². The van der Waals surface area contributed by atoms with Gasteiger partial charge in [0.15, 0.2) is 11.5 Å². The fourth-order valence-electron chi connectivity index (χ4n) is 5.31. The van der Waals surface area contributed by atoms with Gasteiger partial charge in [0.05, 0.1) is 23.7 Å². The third-order valence-corrected chi connectivity index (χ3v) is 7.38. The maximum atomic E-state index is 13.3. The molecule has 1 aliphatic carbocycles. The molecule has 0 bridgehead atoms. The molecule has 4 aromatic rings. The first-order valence-corrected chi connectivity index (χ1v) is 12.3. The quantitative estimate of drug-likeness (QED) is 0.476. The van der Waals surface area contributed by atoms with Crippen LogP contribution in [0, 0.1) is 13.8 Å². The van der Waals surface area contributed by atoms with Crippen molar-refractivity contribution < 1.29 is 4.79 Å². The number of imidazole rings is 1. The van der Waals surface area contributed by atoms with Crippen LogP contribution < -0.4 is 10.2 Å². The van der Waals surface area contributed by atoms with E-state index in [1.165, 1.54) is 12.8 Å². The lowest BCUT2D eigenvalue weighted by molar-refractivity contribution is 0.102. The van der Waals surface area contributed by atoms with Gasteiger partial charge in [-0.3, -0.25) is 4.79 Å². The van der Waals surface area contributed by atoms with E-state index >= 15 is 0 Å². The van der Waals surface area contributed by atoms with E-state index in [4.69, 9.17) is 0 Å². The highest BCUT2D eigenvalue weighted by Gasteiger charge is 2.33. The Bertz CT molecular complexity index is 1420. The van der Waals surface area contributed by atoms with Crippen LogP contribution in [0.25, 0.3) is 16.6 Å². The summed E-state index contributed by atoms with van der Waals surface area (Å²) in [4.78, 5) is 22.8. The summed E-state index contributed by atoms with van der Waals surface area (Å²) < 4.78 is 1.70. The highest BCUT2D eigenvalue weighted by atomic mass is 16.1. The maximum absolute atomic E-state index is 13.3. The second kappa shape index (κ2) is 8.57. The molecule has 1 saturated heterocycles. The zero-order valence-corrected chi connectivity index (χ0v) is 20.4. The molecule has 9 nitrogen and oxygen atoms in total. The number of hydrogen-bond donors (Lipinski definition) is 1. The normalized spacial score (nSPS) is 17.0. The molecule has 1 aliphatic heterocycles. The van der Waals surface area contributed by atoms with Crippen LogP contribution in [0.15, 0.2) is 36.7 Å². The van der Waals surface area contributed by atoms with E-state index in [0.29, 0.717) is 22.9 Å². The van der Waals surface area contributed by atoms with Gasteiger partial charge in [-0.2, -0.15) is 5.10 Å². The predicted octanol–water partition coefficient (Wildman–Crippen LogP) is 3.60. The Morgan fingerprint density at radius 3 is 2.63 bits per heavy atom. The zero-order chi connectivity index (χ0) is 24.1. The molecule has 1 aromatic carbocycles. The fourth-order valence-corrected chi connectivity index (χ4v) is 5.31. The van der Waals surface area contributed by atoms with Gasteiger partial charge in [0, 0.05) is 36.2 Å². The number of amides is 1. The van der Waals surface area contributed by atoms with Crippen LogP contribution >= 0.6 is 0 Å². The number of fused-ring (bicyclic) bond motifs is 2. The number of hydrogen-bond acceptors (Lipinski definition) is 7. The van der Waals surface area contributed by atoms with E-state index in [1.807, 2.05) is 44.3 Å². The maximum Gasteiger partial charge on any atom is 0.259 e. The average molecular weight is 471 g/mol. The minimum Gasteiger partial charge on any atom is -0.371 e. The Kier molecular flexibility index (Phi) is 5.36. The molecule has 6 rings (SSSR count). The second-order valence-corrected chi connectivity index (χ2v) is 9.86. The number of carbonyl (C=O) groups is 1. The van der Waals surface area contributed by atoms with Crippen molar-refractivity contribution in [2.75, 3.05) is 30.4 Å². The summed E-state index contributed by atoms with van der Waals surface area (Å²) in [5.41, 5.74) is 4.82. The fraction of sp³-hybridized carbons (Fsp3) is 0.423. The summed E-state index contributed by atoms with van der Waals surface area (Å²) in [6.07, 6.45) is 8.52. The van der Waals surface area contributed by atoms with E-state index in [9.17, 15) is 4.79 Å². The van der Waals surface area contributed by atoms with Crippen molar-refractivity contribution in [1.82, 2.24) is 29.7 Å². The molecular formula is C26H30N8O. The lowest BCUT2D eigenvalue weighted by Gasteiger charge is -2.38. The monoisotopic (exact) mass is 470 g/mol. The highest BCUT2D eigenvalue weighted by molar-refractivity contribution is 6.13. The van der Waals surface area contributed by atoms with Crippen molar-refractivity contribution >= 4 is 34.0 Å². The molecule has 0 radical (unpaired) electrons. The van der Waals surface area contributed by atoms with Crippen molar-refractivity contribution in [3.63, 3.8) is 0 Å². The van der Waals surface area contributed by atoms with Gasteiger partial charge in [-0.05, 0) is 76.4 Å². The van der Waals surface area contributed by atoms with Crippen molar-refractivity contribution in [3.8, 4) is 0 Å². The molecule has 2 fully saturated rings. The van der Waals surface area contributed by atoms with Crippen LogP contribution in [0.3, 0.4) is 0 Å². The molecule has 3 aromatic heterocycles. The number of rotatable bonds is 5. The standard InChI is InChI=1S/C26H30N8O/c1-16-14-23(31-34-15-17(2)28-25(16)34)29-26(35)21-6-7-22(20-8-11-27-30-24(20)21)33-12-9-19(10-13-33)32(3)18-4-5-18/h6-8,11,14-15,18-19H,4-5,9-10,12-13H2,1-3H3,(H,29,31,35). The van der Waals surface area contributed by atoms with Crippen LogP contribution in [-0.4, -0.2) is 67.8 Å². The van der Waals surface area contributed by atoms with Gasteiger partial charge in [0.2, 0.25) is 0 Å². The van der Waals surface area contributed by atoms with Crippen molar-refractivity contribution in [1.29, 1.82) is 0 Å². The first-order chi connectivity index (χ1) is 17.0. The molecule has 0 atom stereocenters. The zero-order valence-electron chi connectivity index (χ0n) is 20.4. The van der Waals surface area contributed by atoms with Crippen LogP contribution in [0.4, 0.5) is 11.5 Å². The van der Waals surface area contributed by atoms with Gasteiger partial charge < -0.3 is 15.1 Å². The number of nitrogens with one attached hydrogen (secondary N) is 1. The summed E-state index contributed by atoms with van der Waals surface area (Å²) >= 11 is 0. The smallest absolute Gasteiger partial charge is 0.259 e. The summed E-state index contributed by atoms with van der Waals surface area (Å²) in [5, 5.41) is 16.8. The third-order valence-electron chi connectivity index (χ3n) is 7.38. The van der Waals surface area contributed by atoms with Gasteiger partial charge in [-0.15, -0.1) is 10.2 Å². The SMILES string of the molecule is Cc1cn2nc(NC(=O)c3ccc(N4CCC(N(C)C5CC5)CC4)c4ccnnc34)cc(C)c2n1. The topological polar surface area (TPSA) is 91.6 Å². The average Bonchev–Trinajstić information content (AvgIpc) is 3.64. The van der Waals surface area contributed by atoms with E-state index in [2.05, 4.69) is 42.4 Å². The van der Waals surface area contributed by atoms with Crippen LogP contribution in [0.1, 0.15) is 47.3 Å². The van der Waals surface area contributed by atoms with Crippen molar-refractivity contribution in [2.45, 2.75) is 51.6 Å². The second-order valence-electron chi connectivity index (χ2n) is 9.86. The van der Waals surface area contributed by atoms with E-state index in [-0.39, 0.29) is 5.91 Å². The Hall–Kier alpha value is -3.59. The number of aromatic nitrogens is 5. The molecule has 0 spiro atoms. The number of benzene rings is 1. The number of piperidine rings is 1. The number of nitrogens with zero attached hydrogens (tertiary/aromatic N) is 7. The predicted molar refractivity (Wildman–Crippen MR) is 136 cm³/mol. The van der Waals surface area contributed by atoms with Crippen LogP contribution in [-0.2, 0) is 0 Å².